The zero-order valence-corrected chi connectivity index (χ0v) is 20.7. The third-order valence-corrected chi connectivity index (χ3v) is 7.41. The molecule has 3 N–H and O–H groups in total. The molecule has 1 aromatic carbocycles. The molecule has 34 heavy (non-hydrogen) atoms. The summed E-state index contributed by atoms with van der Waals surface area (Å²) in [6.07, 6.45) is 5.10. The Labute approximate surface area is 200 Å². The maximum Gasteiger partial charge on any atom is 0.134 e. The predicted molar refractivity (Wildman–Crippen MR) is 132 cm³/mol. The number of nitrogens with two attached hydrogens (primary N) is 1. The van der Waals surface area contributed by atoms with Crippen LogP contribution in [0.2, 0.25) is 0 Å². The van der Waals surface area contributed by atoms with Crippen molar-refractivity contribution in [1.82, 2.24) is 14.8 Å². The van der Waals surface area contributed by atoms with Gasteiger partial charge in [0.15, 0.2) is 0 Å². The van der Waals surface area contributed by atoms with Gasteiger partial charge in [-0.1, -0.05) is 18.6 Å². The highest BCUT2D eigenvalue weighted by Gasteiger charge is 2.37. The quantitative estimate of drug-likeness (QED) is 0.637. The lowest BCUT2D eigenvalue weighted by atomic mass is 9.89. The van der Waals surface area contributed by atoms with Crippen LogP contribution in [-0.2, 0) is 6.42 Å². The van der Waals surface area contributed by atoms with Gasteiger partial charge in [0.2, 0.25) is 0 Å². The van der Waals surface area contributed by atoms with Gasteiger partial charge in [-0.2, -0.15) is 0 Å². The number of hydrogen-bond acceptors (Lipinski definition) is 4. The number of anilines is 1. The van der Waals surface area contributed by atoms with Crippen LogP contribution in [0.5, 0.6) is 5.75 Å². The van der Waals surface area contributed by atoms with Gasteiger partial charge in [-0.25, -0.2) is 8.78 Å². The second-order valence-corrected chi connectivity index (χ2v) is 10.7. The normalized spacial score (nSPS) is 21.6. The summed E-state index contributed by atoms with van der Waals surface area (Å²) in [5.41, 5.74) is 9.34. The molecule has 1 aromatic heterocycles. The Kier molecular flexibility index (Phi) is 5.97. The van der Waals surface area contributed by atoms with E-state index in [9.17, 15) is 4.39 Å². The number of likely N-dealkylation sites (N-methyl/N-ethyl adjacent to an activating group) is 1. The van der Waals surface area contributed by atoms with Crippen LogP contribution in [0.4, 0.5) is 14.5 Å². The fourth-order valence-electron chi connectivity index (χ4n) is 5.84. The van der Waals surface area contributed by atoms with Crippen LogP contribution in [-0.4, -0.2) is 59.3 Å². The molecule has 1 aliphatic carbocycles. The van der Waals surface area contributed by atoms with E-state index in [-0.39, 0.29) is 12.6 Å². The van der Waals surface area contributed by atoms with Crippen molar-refractivity contribution >= 4 is 17.3 Å². The first-order valence-electron chi connectivity index (χ1n) is 12.5. The van der Waals surface area contributed by atoms with Crippen molar-refractivity contribution in [2.24, 2.45) is 0 Å². The molecule has 0 bridgehead atoms. The van der Waals surface area contributed by atoms with Crippen molar-refractivity contribution in [2.75, 3.05) is 38.5 Å². The van der Waals surface area contributed by atoms with Gasteiger partial charge in [0, 0.05) is 65.8 Å². The minimum atomic E-state index is -1.42. The van der Waals surface area contributed by atoms with E-state index in [2.05, 4.69) is 29.8 Å². The van der Waals surface area contributed by atoms with E-state index in [0.29, 0.717) is 23.5 Å². The Morgan fingerprint density at radius 3 is 2.68 bits per heavy atom. The Morgan fingerprint density at radius 1 is 1.24 bits per heavy atom. The van der Waals surface area contributed by atoms with E-state index < -0.39 is 17.5 Å². The molecule has 5 rings (SSSR count). The van der Waals surface area contributed by atoms with Crippen LogP contribution in [0.3, 0.4) is 0 Å². The smallest absolute Gasteiger partial charge is 0.134 e. The van der Waals surface area contributed by atoms with Gasteiger partial charge in [-0.05, 0) is 52.1 Å². The third-order valence-electron chi connectivity index (χ3n) is 7.41. The van der Waals surface area contributed by atoms with Gasteiger partial charge in [0.1, 0.15) is 23.3 Å². The summed E-state index contributed by atoms with van der Waals surface area (Å²) in [6.45, 7) is 10.9. The number of aromatic nitrogens is 1. The molecule has 0 amide bonds. The molecule has 0 saturated carbocycles. The summed E-state index contributed by atoms with van der Waals surface area (Å²) in [5, 5.41) is 2.36. The minimum absolute atomic E-state index is 0.0545. The average molecular weight is 471 g/mol. The van der Waals surface area contributed by atoms with Gasteiger partial charge in [-0.3, -0.25) is 9.80 Å². The number of fused-ring (bicyclic) bond motifs is 3. The van der Waals surface area contributed by atoms with Gasteiger partial charge in [0.25, 0.3) is 0 Å². The van der Waals surface area contributed by atoms with Crippen molar-refractivity contribution in [3.05, 3.63) is 45.3 Å². The van der Waals surface area contributed by atoms with Crippen molar-refractivity contribution in [2.45, 2.75) is 64.8 Å². The molecule has 1 atom stereocenters. The molecule has 1 saturated heterocycles. The Morgan fingerprint density at radius 2 is 2.00 bits per heavy atom. The molecule has 0 spiro atoms. The lowest BCUT2D eigenvalue weighted by molar-refractivity contribution is 0.0236. The Balaban J connectivity index is 1.57. The first kappa shape index (κ1) is 23.4. The fourth-order valence-corrected chi connectivity index (χ4v) is 5.84. The third kappa shape index (κ3) is 4.24. The Bertz CT molecular complexity index is 1180. The summed E-state index contributed by atoms with van der Waals surface area (Å²) in [7, 11) is 0. The van der Waals surface area contributed by atoms with E-state index in [1.807, 2.05) is 4.90 Å². The molecule has 184 valence electrons. The second-order valence-electron chi connectivity index (χ2n) is 10.7. The molecule has 3 heterocycles. The number of halogens is 2. The molecule has 0 radical (unpaired) electrons. The maximum absolute atomic E-state index is 15.8. The van der Waals surface area contributed by atoms with Crippen molar-refractivity contribution < 1.29 is 13.5 Å². The maximum atomic E-state index is 15.8. The summed E-state index contributed by atoms with van der Waals surface area (Å²) in [5.74, 6) is 0.0506. The number of hydrogen-bond donors (Lipinski definition) is 2. The molecule has 1 unspecified atom stereocenters. The number of rotatable bonds is 6. The number of nitrogen functional groups attached to an aromatic ring is 1. The predicted octanol–water partition coefficient (Wildman–Crippen LogP) is 3.26. The number of ether oxygens (including phenoxy) is 1. The molecule has 2 aromatic rings. The van der Waals surface area contributed by atoms with Gasteiger partial charge in [-0.15, -0.1) is 0 Å². The SMILES string of the molecule is CCN1CC(Oc2cc(N)c(C3c4[nH]c5c(c4CCN3CC(C)(C)F)=C(C)CCC=5)c(F)c2)C1. The number of H-pyrrole nitrogens is 1. The highest BCUT2D eigenvalue weighted by atomic mass is 19.1. The van der Waals surface area contributed by atoms with E-state index in [1.54, 1.807) is 19.9 Å². The highest BCUT2D eigenvalue weighted by Crippen LogP contribution is 2.40. The van der Waals surface area contributed by atoms with Crippen molar-refractivity contribution in [3.8, 4) is 5.75 Å². The first-order valence-corrected chi connectivity index (χ1v) is 12.5. The van der Waals surface area contributed by atoms with Gasteiger partial charge < -0.3 is 15.5 Å². The van der Waals surface area contributed by atoms with E-state index in [1.165, 1.54) is 22.4 Å². The summed E-state index contributed by atoms with van der Waals surface area (Å²) in [6, 6.07) is 2.70. The summed E-state index contributed by atoms with van der Waals surface area (Å²) in [4.78, 5) is 7.87. The zero-order valence-electron chi connectivity index (χ0n) is 20.7. The monoisotopic (exact) mass is 470 g/mol. The van der Waals surface area contributed by atoms with E-state index in [0.717, 1.165) is 49.9 Å². The van der Waals surface area contributed by atoms with Crippen LogP contribution < -0.4 is 21.0 Å². The number of nitrogens with one attached hydrogen (secondary N) is 1. The molecule has 7 heteroatoms. The second kappa shape index (κ2) is 8.68. The van der Waals surface area contributed by atoms with Crippen molar-refractivity contribution in [3.63, 3.8) is 0 Å². The topological polar surface area (TPSA) is 57.5 Å². The van der Waals surface area contributed by atoms with Gasteiger partial charge >= 0.3 is 0 Å². The number of alkyl halides is 1. The van der Waals surface area contributed by atoms with E-state index in [4.69, 9.17) is 10.5 Å². The van der Waals surface area contributed by atoms with E-state index >= 15 is 4.39 Å². The van der Waals surface area contributed by atoms with Crippen LogP contribution in [0, 0.1) is 5.82 Å². The van der Waals surface area contributed by atoms with Crippen molar-refractivity contribution in [1.29, 1.82) is 0 Å². The molecular formula is C27H36F2N4O. The zero-order chi connectivity index (χ0) is 24.2. The van der Waals surface area contributed by atoms with Crippen LogP contribution in [0.25, 0.3) is 11.6 Å². The lowest BCUT2D eigenvalue weighted by Crippen LogP contribution is -2.53. The lowest BCUT2D eigenvalue weighted by Gasteiger charge is -2.39. The number of nitrogens with zero attached hydrogens (tertiary/aromatic N) is 2. The average Bonchev–Trinajstić information content (AvgIpc) is 3.10. The molecule has 2 aliphatic heterocycles. The van der Waals surface area contributed by atoms with Crippen LogP contribution in [0.1, 0.15) is 63.4 Å². The molecule has 1 fully saturated rings. The first-order chi connectivity index (χ1) is 16.1. The summed E-state index contributed by atoms with van der Waals surface area (Å²) < 4.78 is 36.6. The van der Waals surface area contributed by atoms with Crippen LogP contribution >= 0.6 is 0 Å². The number of benzene rings is 1. The highest BCUT2D eigenvalue weighted by molar-refractivity contribution is 5.59. The minimum Gasteiger partial charge on any atom is -0.488 e. The Hall–Kier alpha value is -2.38. The molecular weight excluding hydrogens is 434 g/mol. The van der Waals surface area contributed by atoms with Gasteiger partial charge in [0.05, 0.1) is 6.04 Å². The fraction of sp³-hybridized carbons (Fsp3) is 0.556. The number of likely N-dealkylation sites (tertiary alicyclic amines) is 1. The molecule has 3 aliphatic rings. The standard InChI is InChI=1S/C27H36F2N4O/c1-5-32-13-18(14-32)34-17-11-20(28)24(21(30)12-17)26-25-19(9-10-33(26)15-27(3,4)29)23-16(2)7-6-8-22(23)31-25/h8,11-12,18,26,31H,5-7,9-10,13-15,30H2,1-4H3. The van der Waals surface area contributed by atoms with Crippen LogP contribution in [0.15, 0.2) is 12.1 Å². The number of aromatic amines is 1. The summed E-state index contributed by atoms with van der Waals surface area (Å²) >= 11 is 0. The largest absolute Gasteiger partial charge is 0.488 e. The molecule has 5 nitrogen and oxygen atoms in total.